The molecule has 3 heteroatoms. The van der Waals surface area contributed by atoms with Crippen molar-refractivity contribution in [1.82, 2.24) is 0 Å². The number of carbonyl (C=O) groups excluding carboxylic acids is 1. The third kappa shape index (κ3) is 4.38. The van der Waals surface area contributed by atoms with Crippen LogP contribution in [-0.4, -0.2) is 15.2 Å². The standard InChI is InChI=1S/C12H16O2S/c1-10(13)8-11(2)15(14)9-12-6-4-3-5-7-12/h3-7,11H,8-9H2,1-2H3. The van der Waals surface area contributed by atoms with Crippen LogP contribution in [0.4, 0.5) is 0 Å². The van der Waals surface area contributed by atoms with Crippen molar-refractivity contribution in [1.29, 1.82) is 0 Å². The van der Waals surface area contributed by atoms with Gasteiger partial charge in [0.2, 0.25) is 0 Å². The van der Waals surface area contributed by atoms with Crippen molar-refractivity contribution in [2.75, 3.05) is 0 Å². The van der Waals surface area contributed by atoms with Crippen LogP contribution in [0.25, 0.3) is 0 Å². The van der Waals surface area contributed by atoms with Gasteiger partial charge in [-0.25, -0.2) is 0 Å². The fourth-order valence-corrected chi connectivity index (χ4v) is 2.60. The Hall–Kier alpha value is -0.960. The first-order chi connectivity index (χ1) is 7.09. The molecule has 0 aromatic heterocycles. The molecule has 0 fully saturated rings. The second-order valence-corrected chi connectivity index (χ2v) is 5.58. The van der Waals surface area contributed by atoms with Crippen LogP contribution in [0.15, 0.2) is 30.3 Å². The van der Waals surface area contributed by atoms with Gasteiger partial charge in [0, 0.05) is 28.2 Å². The second-order valence-electron chi connectivity index (χ2n) is 3.73. The SMILES string of the molecule is CC(=O)CC(C)S(=O)Cc1ccccc1. The van der Waals surface area contributed by atoms with Crippen LogP contribution in [0, 0.1) is 0 Å². The van der Waals surface area contributed by atoms with E-state index < -0.39 is 10.8 Å². The van der Waals surface area contributed by atoms with E-state index in [0.717, 1.165) is 5.56 Å². The van der Waals surface area contributed by atoms with Gasteiger partial charge in [-0.1, -0.05) is 37.3 Å². The summed E-state index contributed by atoms with van der Waals surface area (Å²) in [4.78, 5) is 10.9. The summed E-state index contributed by atoms with van der Waals surface area (Å²) >= 11 is 0. The molecule has 82 valence electrons. The van der Waals surface area contributed by atoms with Crippen molar-refractivity contribution in [3.63, 3.8) is 0 Å². The number of ketones is 1. The van der Waals surface area contributed by atoms with Gasteiger partial charge in [0.25, 0.3) is 0 Å². The smallest absolute Gasteiger partial charge is 0.131 e. The molecule has 1 rings (SSSR count). The van der Waals surface area contributed by atoms with Crippen LogP contribution in [0.3, 0.4) is 0 Å². The molecule has 0 N–H and O–H groups in total. The molecule has 0 aliphatic heterocycles. The summed E-state index contributed by atoms with van der Waals surface area (Å²) in [5.74, 6) is 0.638. The van der Waals surface area contributed by atoms with Gasteiger partial charge in [-0.3, -0.25) is 9.00 Å². The average Bonchev–Trinajstić information content (AvgIpc) is 2.18. The lowest BCUT2D eigenvalue weighted by atomic mass is 10.2. The zero-order valence-corrected chi connectivity index (χ0v) is 9.92. The first-order valence-corrected chi connectivity index (χ1v) is 6.38. The Kier molecular flexibility index (Phi) is 4.69. The molecule has 2 nitrogen and oxygen atoms in total. The van der Waals surface area contributed by atoms with Crippen LogP contribution in [0.1, 0.15) is 25.8 Å². The van der Waals surface area contributed by atoms with E-state index in [2.05, 4.69) is 0 Å². The topological polar surface area (TPSA) is 34.1 Å². The van der Waals surface area contributed by atoms with Crippen LogP contribution in [0.2, 0.25) is 0 Å². The molecule has 0 radical (unpaired) electrons. The van der Waals surface area contributed by atoms with E-state index in [4.69, 9.17) is 0 Å². The second kappa shape index (κ2) is 5.81. The van der Waals surface area contributed by atoms with Gasteiger partial charge < -0.3 is 0 Å². The van der Waals surface area contributed by atoms with E-state index in [-0.39, 0.29) is 11.0 Å². The number of carbonyl (C=O) groups is 1. The first kappa shape index (κ1) is 12.1. The highest BCUT2D eigenvalue weighted by Gasteiger charge is 2.13. The van der Waals surface area contributed by atoms with E-state index in [1.807, 2.05) is 37.3 Å². The molecule has 0 amide bonds. The molecule has 2 unspecified atom stereocenters. The van der Waals surface area contributed by atoms with Gasteiger partial charge in [-0.15, -0.1) is 0 Å². The zero-order valence-electron chi connectivity index (χ0n) is 9.10. The summed E-state index contributed by atoms with van der Waals surface area (Å²) < 4.78 is 11.8. The van der Waals surface area contributed by atoms with Gasteiger partial charge in [-0.05, 0) is 12.5 Å². The number of benzene rings is 1. The Bertz CT molecular complexity index is 346. The Morgan fingerprint density at radius 2 is 1.93 bits per heavy atom. The largest absolute Gasteiger partial charge is 0.300 e. The fourth-order valence-electron chi connectivity index (χ4n) is 1.38. The molecule has 0 saturated heterocycles. The Labute approximate surface area is 93.2 Å². The molecule has 1 aromatic rings. The molecular weight excluding hydrogens is 208 g/mol. The Morgan fingerprint density at radius 3 is 2.47 bits per heavy atom. The van der Waals surface area contributed by atoms with Crippen molar-refractivity contribution < 1.29 is 9.00 Å². The summed E-state index contributed by atoms with van der Waals surface area (Å²) in [5, 5.41) is -0.0530. The lowest BCUT2D eigenvalue weighted by Gasteiger charge is -2.09. The summed E-state index contributed by atoms with van der Waals surface area (Å²) in [7, 11) is -0.957. The van der Waals surface area contributed by atoms with E-state index in [1.54, 1.807) is 0 Å². The summed E-state index contributed by atoms with van der Waals surface area (Å²) in [6.45, 7) is 3.40. The third-order valence-corrected chi connectivity index (χ3v) is 3.86. The van der Waals surface area contributed by atoms with E-state index in [9.17, 15) is 9.00 Å². The molecule has 0 heterocycles. The molecule has 1 aromatic carbocycles. The van der Waals surface area contributed by atoms with Crippen molar-refractivity contribution in [2.45, 2.75) is 31.3 Å². The maximum atomic E-state index is 11.8. The quantitative estimate of drug-likeness (QED) is 0.769. The minimum atomic E-state index is -0.957. The van der Waals surface area contributed by atoms with Crippen LogP contribution in [0.5, 0.6) is 0 Å². The highest BCUT2D eigenvalue weighted by Crippen LogP contribution is 2.09. The number of hydrogen-bond donors (Lipinski definition) is 0. The molecule has 0 bridgehead atoms. The lowest BCUT2D eigenvalue weighted by Crippen LogP contribution is -2.15. The van der Waals surface area contributed by atoms with Gasteiger partial charge in [0.1, 0.15) is 5.78 Å². The maximum absolute atomic E-state index is 11.8. The molecule has 0 saturated carbocycles. The summed E-state index contributed by atoms with van der Waals surface area (Å²) in [5.41, 5.74) is 1.06. The van der Waals surface area contributed by atoms with Crippen molar-refractivity contribution in [2.24, 2.45) is 0 Å². The van der Waals surface area contributed by atoms with Gasteiger partial charge in [0.05, 0.1) is 0 Å². The summed E-state index contributed by atoms with van der Waals surface area (Å²) in [6, 6.07) is 9.71. The van der Waals surface area contributed by atoms with Crippen LogP contribution < -0.4 is 0 Å². The van der Waals surface area contributed by atoms with Gasteiger partial charge in [-0.2, -0.15) is 0 Å². The van der Waals surface area contributed by atoms with Crippen LogP contribution in [-0.2, 0) is 21.3 Å². The average molecular weight is 224 g/mol. The predicted molar refractivity (Wildman–Crippen MR) is 63.0 cm³/mol. The van der Waals surface area contributed by atoms with Gasteiger partial charge >= 0.3 is 0 Å². The summed E-state index contributed by atoms with van der Waals surface area (Å²) in [6.07, 6.45) is 0.402. The minimum Gasteiger partial charge on any atom is -0.300 e. The van der Waals surface area contributed by atoms with E-state index in [1.165, 1.54) is 6.92 Å². The highest BCUT2D eigenvalue weighted by molar-refractivity contribution is 7.84. The van der Waals surface area contributed by atoms with Crippen molar-refractivity contribution >= 4 is 16.6 Å². The zero-order chi connectivity index (χ0) is 11.3. The molecule has 15 heavy (non-hydrogen) atoms. The molecule has 0 aliphatic carbocycles. The van der Waals surface area contributed by atoms with Crippen LogP contribution >= 0.6 is 0 Å². The van der Waals surface area contributed by atoms with Crippen molar-refractivity contribution in [3.8, 4) is 0 Å². The maximum Gasteiger partial charge on any atom is 0.131 e. The predicted octanol–water partition coefficient (Wildman–Crippen LogP) is 2.30. The number of rotatable bonds is 5. The Morgan fingerprint density at radius 1 is 1.33 bits per heavy atom. The van der Waals surface area contributed by atoms with Gasteiger partial charge in [0.15, 0.2) is 0 Å². The number of hydrogen-bond acceptors (Lipinski definition) is 2. The molecule has 0 aliphatic rings. The van der Waals surface area contributed by atoms with E-state index >= 15 is 0 Å². The fraction of sp³-hybridized carbons (Fsp3) is 0.417. The highest BCUT2D eigenvalue weighted by atomic mass is 32.2. The lowest BCUT2D eigenvalue weighted by molar-refractivity contribution is -0.116. The molecule has 0 spiro atoms. The first-order valence-electron chi connectivity index (χ1n) is 5.00. The normalized spacial score (nSPS) is 14.5. The minimum absolute atomic E-state index is 0.0530. The molecule has 2 atom stereocenters. The third-order valence-electron chi connectivity index (χ3n) is 2.18. The molecular formula is C12H16O2S. The number of Topliss-reactive ketones (excluding diaryl/α,β-unsaturated/α-hetero) is 1. The Balaban J connectivity index is 2.52. The van der Waals surface area contributed by atoms with E-state index in [0.29, 0.717) is 12.2 Å². The van der Waals surface area contributed by atoms with Crippen molar-refractivity contribution in [3.05, 3.63) is 35.9 Å². The monoisotopic (exact) mass is 224 g/mol.